The zero-order chi connectivity index (χ0) is 18.3. The van der Waals surface area contributed by atoms with Crippen LogP contribution in [-0.2, 0) is 13.6 Å². The lowest BCUT2D eigenvalue weighted by molar-refractivity contribution is 0.0527. The van der Waals surface area contributed by atoms with Gasteiger partial charge in [0.05, 0.1) is 23.5 Å². The van der Waals surface area contributed by atoms with Crippen LogP contribution >= 0.6 is 0 Å². The Balaban J connectivity index is 1.58. The van der Waals surface area contributed by atoms with Crippen LogP contribution in [0.3, 0.4) is 0 Å². The molecule has 1 saturated carbocycles. The summed E-state index contributed by atoms with van der Waals surface area (Å²) < 4.78 is 4.10. The van der Waals surface area contributed by atoms with E-state index in [4.69, 9.17) is 0 Å². The average molecular weight is 356 g/mol. The predicted octanol–water partition coefficient (Wildman–Crippen LogP) is 2.03. The molecule has 1 aliphatic heterocycles. The van der Waals surface area contributed by atoms with E-state index in [0.29, 0.717) is 12.5 Å². The first-order chi connectivity index (χ1) is 12.6. The Morgan fingerprint density at radius 3 is 2.73 bits per heavy atom. The maximum atomic E-state index is 13.3. The normalized spacial score (nSPS) is 21.3. The molecule has 1 atom stereocenters. The van der Waals surface area contributed by atoms with Gasteiger partial charge < -0.3 is 9.47 Å². The van der Waals surface area contributed by atoms with E-state index in [1.807, 2.05) is 28.9 Å². The first-order valence-corrected chi connectivity index (χ1v) is 9.62. The van der Waals surface area contributed by atoms with Crippen LogP contribution in [0, 0.1) is 0 Å². The van der Waals surface area contributed by atoms with Gasteiger partial charge in [0.25, 0.3) is 5.91 Å². The van der Waals surface area contributed by atoms with Crippen molar-refractivity contribution < 1.29 is 4.79 Å². The summed E-state index contributed by atoms with van der Waals surface area (Å²) in [6.45, 7) is 5.31. The second-order valence-corrected chi connectivity index (χ2v) is 7.58. The molecule has 26 heavy (non-hydrogen) atoms. The number of carbonyl (C=O) groups is 1. The van der Waals surface area contributed by atoms with Gasteiger partial charge in [-0.2, -0.15) is 5.10 Å². The van der Waals surface area contributed by atoms with Crippen LogP contribution in [0.1, 0.15) is 60.0 Å². The molecule has 1 aliphatic carbocycles. The lowest BCUT2D eigenvalue weighted by Crippen LogP contribution is -2.49. The van der Waals surface area contributed by atoms with Crippen LogP contribution in [0.25, 0.3) is 0 Å². The number of aromatic nitrogens is 4. The van der Waals surface area contributed by atoms with E-state index in [-0.39, 0.29) is 11.9 Å². The van der Waals surface area contributed by atoms with Crippen LogP contribution in [0.15, 0.2) is 18.6 Å². The Morgan fingerprint density at radius 1 is 1.27 bits per heavy atom. The molecule has 2 aromatic heterocycles. The van der Waals surface area contributed by atoms with E-state index < -0.39 is 0 Å². The molecular formula is C19H28N6O. The molecule has 0 spiro atoms. The molecule has 0 radical (unpaired) electrons. The number of aryl methyl sites for hydroxylation is 2. The van der Waals surface area contributed by atoms with Crippen LogP contribution in [0.2, 0.25) is 0 Å². The summed E-state index contributed by atoms with van der Waals surface area (Å²) in [6.07, 6.45) is 8.96. The van der Waals surface area contributed by atoms with Gasteiger partial charge in [-0.1, -0.05) is 6.92 Å². The number of hydrogen-bond donors (Lipinski definition) is 0. The van der Waals surface area contributed by atoms with Gasteiger partial charge in [0.2, 0.25) is 0 Å². The summed E-state index contributed by atoms with van der Waals surface area (Å²) >= 11 is 0. The van der Waals surface area contributed by atoms with Crippen molar-refractivity contribution in [3.05, 3.63) is 35.7 Å². The third kappa shape index (κ3) is 3.05. The Hall–Kier alpha value is -2.15. The zero-order valence-corrected chi connectivity index (χ0v) is 15.9. The van der Waals surface area contributed by atoms with Gasteiger partial charge in [0, 0.05) is 51.5 Å². The third-order valence-electron chi connectivity index (χ3n) is 5.60. The Kier molecular flexibility index (Phi) is 4.56. The highest BCUT2D eigenvalue weighted by Crippen LogP contribution is 2.42. The molecule has 3 heterocycles. The highest BCUT2D eigenvalue weighted by atomic mass is 16.2. The summed E-state index contributed by atoms with van der Waals surface area (Å²) in [4.78, 5) is 22.1. The molecule has 0 N–H and O–H groups in total. The summed E-state index contributed by atoms with van der Waals surface area (Å²) in [5.41, 5.74) is 1.97. The van der Waals surface area contributed by atoms with E-state index in [9.17, 15) is 4.79 Å². The Bertz CT molecular complexity index is 790. The first-order valence-electron chi connectivity index (χ1n) is 9.62. The molecule has 2 fully saturated rings. The minimum Gasteiger partial charge on any atom is -0.337 e. The molecule has 1 amide bonds. The predicted molar refractivity (Wildman–Crippen MR) is 99.0 cm³/mol. The van der Waals surface area contributed by atoms with E-state index in [0.717, 1.165) is 43.1 Å². The number of carbonyl (C=O) groups excluding carboxylic acids is 1. The van der Waals surface area contributed by atoms with Gasteiger partial charge in [-0.3, -0.25) is 14.4 Å². The first kappa shape index (κ1) is 17.3. The molecule has 2 aromatic rings. The van der Waals surface area contributed by atoms with E-state index in [2.05, 4.69) is 33.6 Å². The summed E-state index contributed by atoms with van der Waals surface area (Å²) in [5, 5.41) is 4.52. The SMILES string of the molecule is CCCn1ncc(C(=O)N2CCN(C)C(c3nccn3C)C2)c1C1CC1. The molecule has 1 unspecified atom stereocenters. The zero-order valence-electron chi connectivity index (χ0n) is 15.9. The number of imidazole rings is 1. The number of piperazine rings is 1. The van der Waals surface area contributed by atoms with Crippen LogP contribution < -0.4 is 0 Å². The van der Waals surface area contributed by atoms with Gasteiger partial charge in [0.15, 0.2) is 0 Å². The minimum absolute atomic E-state index is 0.126. The van der Waals surface area contributed by atoms with Crippen molar-refractivity contribution in [1.29, 1.82) is 0 Å². The quantitative estimate of drug-likeness (QED) is 0.823. The molecule has 1 saturated heterocycles. The smallest absolute Gasteiger partial charge is 0.257 e. The lowest BCUT2D eigenvalue weighted by Gasteiger charge is -2.39. The Labute approximate surface area is 154 Å². The fraction of sp³-hybridized carbons (Fsp3) is 0.632. The molecule has 4 rings (SSSR count). The molecule has 140 valence electrons. The van der Waals surface area contributed by atoms with Gasteiger partial charge in [-0.25, -0.2) is 4.98 Å². The molecule has 0 aromatic carbocycles. The van der Waals surface area contributed by atoms with E-state index in [1.54, 1.807) is 6.20 Å². The van der Waals surface area contributed by atoms with Gasteiger partial charge >= 0.3 is 0 Å². The topological polar surface area (TPSA) is 59.2 Å². The second-order valence-electron chi connectivity index (χ2n) is 7.58. The van der Waals surface area contributed by atoms with Crippen molar-refractivity contribution in [2.75, 3.05) is 26.7 Å². The lowest BCUT2D eigenvalue weighted by atomic mass is 10.1. The number of hydrogen-bond acceptors (Lipinski definition) is 4. The van der Waals surface area contributed by atoms with E-state index in [1.165, 1.54) is 12.8 Å². The number of rotatable bonds is 5. The molecule has 7 heteroatoms. The van der Waals surface area contributed by atoms with Crippen molar-refractivity contribution in [2.45, 2.75) is 44.7 Å². The number of nitrogens with zero attached hydrogens (tertiary/aromatic N) is 6. The summed E-state index contributed by atoms with van der Waals surface area (Å²) in [6, 6.07) is 0.128. The summed E-state index contributed by atoms with van der Waals surface area (Å²) in [7, 11) is 4.12. The van der Waals surface area contributed by atoms with Crippen LogP contribution in [0.4, 0.5) is 0 Å². The van der Waals surface area contributed by atoms with Crippen LogP contribution in [-0.4, -0.2) is 61.7 Å². The third-order valence-corrected chi connectivity index (χ3v) is 5.60. The van der Waals surface area contributed by atoms with Gasteiger partial charge in [-0.15, -0.1) is 0 Å². The fourth-order valence-electron chi connectivity index (χ4n) is 3.94. The van der Waals surface area contributed by atoms with Crippen LogP contribution in [0.5, 0.6) is 0 Å². The van der Waals surface area contributed by atoms with Gasteiger partial charge in [-0.05, 0) is 26.3 Å². The second kappa shape index (κ2) is 6.87. The average Bonchev–Trinajstić information content (AvgIpc) is 3.25. The highest BCUT2D eigenvalue weighted by molar-refractivity contribution is 5.95. The van der Waals surface area contributed by atoms with Crippen molar-refractivity contribution in [2.24, 2.45) is 7.05 Å². The molecule has 2 aliphatic rings. The highest BCUT2D eigenvalue weighted by Gasteiger charge is 2.36. The number of amides is 1. The monoisotopic (exact) mass is 356 g/mol. The van der Waals surface area contributed by atoms with Crippen molar-refractivity contribution in [1.82, 2.24) is 29.1 Å². The van der Waals surface area contributed by atoms with Gasteiger partial charge in [0.1, 0.15) is 5.82 Å². The van der Waals surface area contributed by atoms with E-state index >= 15 is 0 Å². The van der Waals surface area contributed by atoms with Crippen molar-refractivity contribution >= 4 is 5.91 Å². The Morgan fingerprint density at radius 2 is 2.08 bits per heavy atom. The summed E-state index contributed by atoms with van der Waals surface area (Å²) in [5.74, 6) is 1.65. The molecular weight excluding hydrogens is 328 g/mol. The minimum atomic E-state index is 0.126. The largest absolute Gasteiger partial charge is 0.337 e. The standard InChI is InChI=1S/C19H28N6O/c1-4-8-25-17(14-5-6-14)15(12-21-25)19(26)24-11-10-22(2)16(13-24)18-20-7-9-23(18)3/h7,9,12,14,16H,4-6,8,10-11,13H2,1-3H3. The maximum Gasteiger partial charge on any atom is 0.257 e. The molecule has 7 nitrogen and oxygen atoms in total. The van der Waals surface area contributed by atoms with Crippen molar-refractivity contribution in [3.63, 3.8) is 0 Å². The number of likely N-dealkylation sites (N-methyl/N-ethyl adjacent to an activating group) is 1. The maximum absolute atomic E-state index is 13.3. The molecule has 0 bridgehead atoms. The van der Waals surface area contributed by atoms with Crippen molar-refractivity contribution in [3.8, 4) is 0 Å². The fourth-order valence-corrected chi connectivity index (χ4v) is 3.94.